The first kappa shape index (κ1) is 16.2. The Bertz CT molecular complexity index is 767. The Morgan fingerprint density at radius 1 is 0.920 bits per heavy atom. The number of fused-ring (bicyclic) bond motifs is 1. The van der Waals surface area contributed by atoms with Crippen molar-refractivity contribution < 1.29 is 19.5 Å². The number of hydrogen-bond donors (Lipinski definition) is 2. The Labute approximate surface area is 146 Å². The maximum Gasteiger partial charge on any atom is 0.221 e. The lowest BCUT2D eigenvalue weighted by molar-refractivity contribution is -0.116. The van der Waals surface area contributed by atoms with Gasteiger partial charge >= 0.3 is 0 Å². The summed E-state index contributed by atoms with van der Waals surface area (Å²) in [4.78, 5) is 38.1. The first-order chi connectivity index (χ1) is 12.0. The van der Waals surface area contributed by atoms with Gasteiger partial charge in [0.2, 0.25) is 17.2 Å². The summed E-state index contributed by atoms with van der Waals surface area (Å²) in [6, 6.07) is 6.61. The molecule has 5 nitrogen and oxygen atoms in total. The van der Waals surface area contributed by atoms with Gasteiger partial charge in [-0.05, 0) is 19.3 Å². The van der Waals surface area contributed by atoms with E-state index in [4.69, 9.17) is 0 Å². The van der Waals surface area contributed by atoms with Crippen molar-refractivity contribution >= 4 is 17.3 Å². The topological polar surface area (TPSA) is 83.5 Å². The molecule has 0 radical (unpaired) electrons. The van der Waals surface area contributed by atoms with Crippen molar-refractivity contribution in [1.29, 1.82) is 0 Å². The lowest BCUT2D eigenvalue weighted by Gasteiger charge is -2.27. The van der Waals surface area contributed by atoms with Gasteiger partial charge in [0, 0.05) is 29.3 Å². The minimum Gasteiger partial charge on any atom is -0.385 e. The summed E-state index contributed by atoms with van der Waals surface area (Å²) in [5.41, 5.74) is -1.43. The van der Waals surface area contributed by atoms with E-state index in [9.17, 15) is 19.5 Å². The van der Waals surface area contributed by atoms with E-state index in [2.05, 4.69) is 5.32 Å². The fourth-order valence-electron chi connectivity index (χ4n) is 4.31. The maximum absolute atomic E-state index is 12.8. The van der Waals surface area contributed by atoms with E-state index in [1.165, 1.54) is 18.6 Å². The number of benzene rings is 1. The normalized spacial score (nSPS) is 23.3. The molecule has 25 heavy (non-hydrogen) atoms. The Morgan fingerprint density at radius 3 is 2.12 bits per heavy atom. The Morgan fingerprint density at radius 2 is 1.52 bits per heavy atom. The number of ketones is 3. The molecule has 0 spiro atoms. The first-order valence-corrected chi connectivity index (χ1v) is 8.98. The molecule has 0 amide bonds. The summed E-state index contributed by atoms with van der Waals surface area (Å²) in [5, 5.41) is 14.5. The van der Waals surface area contributed by atoms with Crippen LogP contribution in [0.2, 0.25) is 0 Å². The molecule has 0 aromatic heterocycles. The molecule has 0 aliphatic heterocycles. The van der Waals surface area contributed by atoms with Gasteiger partial charge in [0.1, 0.15) is 0 Å². The van der Waals surface area contributed by atoms with Crippen molar-refractivity contribution in [2.75, 3.05) is 0 Å². The zero-order valence-electron chi connectivity index (χ0n) is 14.0. The highest BCUT2D eigenvalue weighted by molar-refractivity contribution is 6.37. The van der Waals surface area contributed by atoms with Crippen LogP contribution in [0.5, 0.6) is 0 Å². The highest BCUT2D eigenvalue weighted by Gasteiger charge is 2.58. The van der Waals surface area contributed by atoms with E-state index in [-0.39, 0.29) is 34.9 Å². The van der Waals surface area contributed by atoms with Crippen LogP contribution in [0.1, 0.15) is 65.7 Å². The number of hydrogen-bond acceptors (Lipinski definition) is 5. The van der Waals surface area contributed by atoms with E-state index in [0.717, 1.165) is 25.7 Å². The van der Waals surface area contributed by atoms with E-state index in [1.807, 2.05) is 0 Å². The Balaban J connectivity index is 1.75. The lowest BCUT2D eigenvalue weighted by atomic mass is 9.86. The van der Waals surface area contributed by atoms with Crippen LogP contribution in [-0.4, -0.2) is 34.1 Å². The van der Waals surface area contributed by atoms with Crippen LogP contribution >= 0.6 is 0 Å². The largest absolute Gasteiger partial charge is 0.385 e. The number of nitrogens with one attached hydrogen (secondary N) is 1. The Kier molecular flexibility index (Phi) is 3.84. The molecule has 0 bridgehead atoms. The summed E-state index contributed by atoms with van der Waals surface area (Å²) in [6.07, 6.45) is 6.15. The van der Waals surface area contributed by atoms with Gasteiger partial charge in [0.05, 0.1) is 5.57 Å². The summed E-state index contributed by atoms with van der Waals surface area (Å²) < 4.78 is 0. The second kappa shape index (κ2) is 5.92. The van der Waals surface area contributed by atoms with E-state index >= 15 is 0 Å². The zero-order valence-corrected chi connectivity index (χ0v) is 14.0. The van der Waals surface area contributed by atoms with Crippen LogP contribution in [0.4, 0.5) is 0 Å². The highest BCUT2D eigenvalue weighted by atomic mass is 16.3. The van der Waals surface area contributed by atoms with Crippen molar-refractivity contribution in [1.82, 2.24) is 5.32 Å². The van der Waals surface area contributed by atoms with Crippen molar-refractivity contribution in [3.05, 3.63) is 46.7 Å². The van der Waals surface area contributed by atoms with E-state index < -0.39 is 17.2 Å². The van der Waals surface area contributed by atoms with Gasteiger partial charge in [0.15, 0.2) is 5.78 Å². The van der Waals surface area contributed by atoms with Crippen molar-refractivity contribution in [3.8, 4) is 0 Å². The van der Waals surface area contributed by atoms with Crippen molar-refractivity contribution in [2.45, 2.75) is 56.6 Å². The lowest BCUT2D eigenvalue weighted by Crippen LogP contribution is -2.46. The molecule has 0 saturated heterocycles. The Hall–Kier alpha value is -2.27. The third-order valence-electron chi connectivity index (χ3n) is 5.60. The molecule has 130 valence electrons. The van der Waals surface area contributed by atoms with Crippen molar-refractivity contribution in [2.24, 2.45) is 0 Å². The molecule has 0 unspecified atom stereocenters. The monoisotopic (exact) mass is 339 g/mol. The van der Waals surface area contributed by atoms with Crippen molar-refractivity contribution in [3.63, 3.8) is 0 Å². The average molecular weight is 339 g/mol. The van der Waals surface area contributed by atoms with Gasteiger partial charge in [0.25, 0.3) is 0 Å². The van der Waals surface area contributed by atoms with Crippen LogP contribution in [0.15, 0.2) is 35.5 Å². The number of allylic oxidation sites excluding steroid dienone is 1. The molecule has 1 aromatic carbocycles. The summed E-state index contributed by atoms with van der Waals surface area (Å²) >= 11 is 0. The number of carbonyl (C=O) groups is 3. The number of carbonyl (C=O) groups excluding carboxylic acids is 3. The molecule has 2 N–H and O–H groups in total. The summed E-state index contributed by atoms with van der Waals surface area (Å²) in [6.45, 7) is 0. The van der Waals surface area contributed by atoms with Gasteiger partial charge in [-0.15, -0.1) is 0 Å². The predicted octanol–water partition coefficient (Wildman–Crippen LogP) is 2.34. The zero-order chi connectivity index (χ0) is 17.6. The van der Waals surface area contributed by atoms with Crippen LogP contribution in [0, 0.1) is 0 Å². The molecule has 1 saturated carbocycles. The van der Waals surface area contributed by atoms with Crippen LogP contribution in [0.25, 0.3) is 0 Å². The fraction of sp³-hybridized carbons (Fsp3) is 0.450. The van der Waals surface area contributed by atoms with Gasteiger partial charge < -0.3 is 10.4 Å². The summed E-state index contributed by atoms with van der Waals surface area (Å²) in [5.74, 6) is -1.67. The van der Waals surface area contributed by atoms with Crippen LogP contribution in [-0.2, 0) is 4.79 Å². The second-order valence-electron chi connectivity index (χ2n) is 7.17. The number of aliphatic hydroxyl groups is 1. The molecule has 1 fully saturated rings. The minimum atomic E-state index is -2.37. The van der Waals surface area contributed by atoms with Gasteiger partial charge in [-0.2, -0.15) is 0 Å². The third-order valence-corrected chi connectivity index (χ3v) is 5.60. The quantitative estimate of drug-likeness (QED) is 0.826. The molecule has 3 aliphatic carbocycles. The predicted molar refractivity (Wildman–Crippen MR) is 91.3 cm³/mol. The first-order valence-electron chi connectivity index (χ1n) is 8.98. The van der Waals surface area contributed by atoms with E-state index in [0.29, 0.717) is 12.1 Å². The van der Waals surface area contributed by atoms with Gasteiger partial charge in [-0.3, -0.25) is 14.4 Å². The molecule has 3 aliphatic rings. The molecule has 4 rings (SSSR count). The number of rotatable bonds is 3. The SMILES string of the molecule is O=C1CCC(NC2CCCCC2)=C1C1(O)C(=O)c2ccccc2C1=O. The third kappa shape index (κ3) is 2.37. The molecule has 1 aromatic rings. The van der Waals surface area contributed by atoms with Gasteiger partial charge in [-0.25, -0.2) is 0 Å². The molecule has 0 atom stereocenters. The summed E-state index contributed by atoms with van der Waals surface area (Å²) in [7, 11) is 0. The minimum absolute atomic E-state index is 0.0238. The van der Waals surface area contributed by atoms with Gasteiger partial charge in [-0.1, -0.05) is 43.5 Å². The smallest absolute Gasteiger partial charge is 0.221 e. The second-order valence-corrected chi connectivity index (χ2v) is 7.17. The highest BCUT2D eigenvalue weighted by Crippen LogP contribution is 2.40. The standard InChI is InChI=1S/C20H21NO4/c22-16-11-10-15(21-12-6-2-1-3-7-12)17(16)20(25)18(23)13-8-4-5-9-14(13)19(20)24/h4-5,8-9,12,21,25H,1-3,6-7,10-11H2. The molecule has 0 heterocycles. The molecule has 5 heteroatoms. The maximum atomic E-state index is 12.8. The molecular weight excluding hydrogens is 318 g/mol. The molecular formula is C20H21NO4. The fourth-order valence-corrected chi connectivity index (χ4v) is 4.31. The van der Waals surface area contributed by atoms with Crippen LogP contribution < -0.4 is 5.32 Å². The van der Waals surface area contributed by atoms with Crippen LogP contribution in [0.3, 0.4) is 0 Å². The number of Topliss-reactive ketones (excluding diaryl/α,β-unsaturated/α-hetero) is 3. The average Bonchev–Trinajstić information content (AvgIpc) is 3.09. The van der Waals surface area contributed by atoms with E-state index in [1.54, 1.807) is 12.1 Å².